The first-order valence-electron chi connectivity index (χ1n) is 5.99. The van der Waals surface area contributed by atoms with Crippen LogP contribution in [0.2, 0.25) is 0 Å². The second-order valence-corrected chi connectivity index (χ2v) is 4.42. The smallest absolute Gasteiger partial charge is 0.262 e. The lowest BCUT2D eigenvalue weighted by molar-refractivity contribution is -0.118. The number of carbonyl (C=O) groups is 1. The minimum absolute atomic E-state index is 0.0788. The van der Waals surface area contributed by atoms with E-state index in [0.29, 0.717) is 18.0 Å². The van der Waals surface area contributed by atoms with Crippen LogP contribution >= 0.6 is 0 Å². The quantitative estimate of drug-likeness (QED) is 0.872. The van der Waals surface area contributed by atoms with E-state index in [9.17, 15) is 4.79 Å². The van der Waals surface area contributed by atoms with Gasteiger partial charge in [0.25, 0.3) is 5.91 Å². The molecule has 1 aromatic heterocycles. The molecule has 19 heavy (non-hydrogen) atoms. The predicted molar refractivity (Wildman–Crippen MR) is 71.1 cm³/mol. The Morgan fingerprint density at radius 1 is 1.53 bits per heavy atom. The number of carbonyl (C=O) groups excluding carboxylic acids is 1. The number of nitrogens with zero attached hydrogens (tertiary/aromatic N) is 2. The number of hydrogen-bond acceptors (Lipinski definition) is 4. The summed E-state index contributed by atoms with van der Waals surface area (Å²) >= 11 is 0. The van der Waals surface area contributed by atoms with Gasteiger partial charge in [-0.25, -0.2) is 0 Å². The van der Waals surface area contributed by atoms with Gasteiger partial charge in [-0.05, 0) is 18.2 Å². The highest BCUT2D eigenvalue weighted by atomic mass is 16.5. The fourth-order valence-electron chi connectivity index (χ4n) is 1.96. The molecular formula is C13H14N4O2. The summed E-state index contributed by atoms with van der Waals surface area (Å²) in [5.41, 5.74) is 2.72. The maximum absolute atomic E-state index is 11.3. The second-order valence-electron chi connectivity index (χ2n) is 4.42. The van der Waals surface area contributed by atoms with E-state index in [4.69, 9.17) is 4.74 Å². The van der Waals surface area contributed by atoms with E-state index in [0.717, 1.165) is 11.3 Å². The predicted octanol–water partition coefficient (Wildman–Crippen LogP) is 1.36. The topological polar surface area (TPSA) is 68.2 Å². The molecule has 6 nitrogen and oxygen atoms in total. The molecule has 0 saturated heterocycles. The molecule has 98 valence electrons. The largest absolute Gasteiger partial charge is 0.482 e. The van der Waals surface area contributed by atoms with E-state index in [1.54, 1.807) is 4.68 Å². The van der Waals surface area contributed by atoms with Gasteiger partial charge in [0.2, 0.25) is 0 Å². The van der Waals surface area contributed by atoms with Crippen LogP contribution in [0.25, 0.3) is 0 Å². The molecule has 2 aromatic rings. The van der Waals surface area contributed by atoms with Crippen molar-refractivity contribution in [2.45, 2.75) is 6.54 Å². The molecule has 3 rings (SSSR count). The Hall–Kier alpha value is -2.50. The van der Waals surface area contributed by atoms with Crippen molar-refractivity contribution in [2.75, 3.05) is 17.2 Å². The highest BCUT2D eigenvalue weighted by molar-refractivity contribution is 5.95. The van der Waals surface area contributed by atoms with Gasteiger partial charge < -0.3 is 15.4 Å². The summed E-state index contributed by atoms with van der Waals surface area (Å²) in [5.74, 6) is 0.573. The van der Waals surface area contributed by atoms with Crippen LogP contribution in [0.1, 0.15) is 5.56 Å². The molecule has 0 unspecified atom stereocenters. The minimum atomic E-state index is -0.128. The number of amides is 1. The van der Waals surface area contributed by atoms with Gasteiger partial charge in [0.15, 0.2) is 6.61 Å². The van der Waals surface area contributed by atoms with Crippen molar-refractivity contribution in [3.63, 3.8) is 0 Å². The van der Waals surface area contributed by atoms with E-state index in [1.165, 1.54) is 0 Å². The van der Waals surface area contributed by atoms with Gasteiger partial charge in [0, 0.05) is 31.0 Å². The van der Waals surface area contributed by atoms with E-state index in [1.807, 2.05) is 37.6 Å². The Balaban J connectivity index is 1.71. The Kier molecular flexibility index (Phi) is 2.83. The normalized spacial score (nSPS) is 13.4. The maximum atomic E-state index is 11.3. The molecule has 1 aromatic carbocycles. The third-order valence-electron chi connectivity index (χ3n) is 2.87. The Bertz CT molecular complexity index is 621. The van der Waals surface area contributed by atoms with Gasteiger partial charge in [-0.2, -0.15) is 5.10 Å². The average Bonchev–Trinajstić information content (AvgIpc) is 2.81. The summed E-state index contributed by atoms with van der Waals surface area (Å²) in [6.45, 7) is 0.761. The van der Waals surface area contributed by atoms with Crippen LogP contribution in [0.5, 0.6) is 5.75 Å². The molecule has 1 amide bonds. The third-order valence-corrected chi connectivity index (χ3v) is 2.87. The standard InChI is InChI=1S/C13H14N4O2/c1-17-7-9(6-15-17)5-14-10-2-3-12-11(4-10)16-13(18)8-19-12/h2-4,6-7,14H,5,8H2,1H3,(H,16,18). The minimum Gasteiger partial charge on any atom is -0.482 e. The first-order chi connectivity index (χ1) is 9.20. The molecule has 0 radical (unpaired) electrons. The van der Waals surface area contributed by atoms with Crippen molar-refractivity contribution in [3.8, 4) is 5.75 Å². The van der Waals surface area contributed by atoms with Crippen LogP contribution in [-0.2, 0) is 18.4 Å². The van der Waals surface area contributed by atoms with Gasteiger partial charge in [0.1, 0.15) is 5.75 Å². The second kappa shape index (κ2) is 4.64. The summed E-state index contributed by atoms with van der Waals surface area (Å²) in [4.78, 5) is 11.3. The van der Waals surface area contributed by atoms with E-state index in [2.05, 4.69) is 15.7 Å². The van der Waals surface area contributed by atoms with Crippen LogP contribution in [0.15, 0.2) is 30.6 Å². The molecule has 2 heterocycles. The highest BCUT2D eigenvalue weighted by Crippen LogP contribution is 2.30. The summed E-state index contributed by atoms with van der Waals surface area (Å²) in [7, 11) is 1.88. The molecule has 0 spiro atoms. The number of aryl methyl sites for hydroxylation is 1. The molecule has 2 N–H and O–H groups in total. The lowest BCUT2D eigenvalue weighted by atomic mass is 10.2. The molecule has 0 atom stereocenters. The van der Waals surface area contributed by atoms with Crippen molar-refractivity contribution in [1.29, 1.82) is 0 Å². The third kappa shape index (κ3) is 2.52. The fraction of sp³-hybridized carbons (Fsp3) is 0.231. The number of hydrogen-bond donors (Lipinski definition) is 2. The fourth-order valence-corrected chi connectivity index (χ4v) is 1.96. The zero-order valence-electron chi connectivity index (χ0n) is 10.5. The number of fused-ring (bicyclic) bond motifs is 1. The summed E-state index contributed by atoms with van der Waals surface area (Å²) < 4.78 is 7.07. The maximum Gasteiger partial charge on any atom is 0.262 e. The lowest BCUT2D eigenvalue weighted by Crippen LogP contribution is -2.25. The summed E-state index contributed by atoms with van der Waals surface area (Å²) in [5, 5.41) is 10.2. The van der Waals surface area contributed by atoms with Crippen LogP contribution in [0.4, 0.5) is 11.4 Å². The van der Waals surface area contributed by atoms with Crippen LogP contribution in [0, 0.1) is 0 Å². The molecule has 0 aliphatic carbocycles. The van der Waals surface area contributed by atoms with E-state index in [-0.39, 0.29) is 12.5 Å². The van der Waals surface area contributed by atoms with Gasteiger partial charge >= 0.3 is 0 Å². The van der Waals surface area contributed by atoms with Gasteiger partial charge in [-0.15, -0.1) is 0 Å². The molecule has 0 saturated carbocycles. The van der Waals surface area contributed by atoms with Crippen molar-refractivity contribution in [3.05, 3.63) is 36.2 Å². The first kappa shape index (κ1) is 11.6. The number of rotatable bonds is 3. The number of nitrogens with one attached hydrogen (secondary N) is 2. The van der Waals surface area contributed by atoms with Crippen LogP contribution in [-0.4, -0.2) is 22.3 Å². The van der Waals surface area contributed by atoms with Crippen LogP contribution < -0.4 is 15.4 Å². The van der Waals surface area contributed by atoms with Crippen molar-refractivity contribution < 1.29 is 9.53 Å². The molecule has 1 aliphatic heterocycles. The Morgan fingerprint density at radius 2 is 2.42 bits per heavy atom. The SMILES string of the molecule is Cn1cc(CNc2ccc3c(c2)NC(=O)CO3)cn1. The molecular weight excluding hydrogens is 244 g/mol. The molecule has 6 heteroatoms. The Labute approximate surface area is 110 Å². The molecule has 1 aliphatic rings. The monoisotopic (exact) mass is 258 g/mol. The number of ether oxygens (including phenoxy) is 1. The highest BCUT2D eigenvalue weighted by Gasteiger charge is 2.15. The zero-order chi connectivity index (χ0) is 13.2. The zero-order valence-corrected chi connectivity index (χ0v) is 10.5. The van der Waals surface area contributed by atoms with Crippen molar-refractivity contribution >= 4 is 17.3 Å². The van der Waals surface area contributed by atoms with Gasteiger partial charge in [-0.3, -0.25) is 9.48 Å². The Morgan fingerprint density at radius 3 is 3.21 bits per heavy atom. The van der Waals surface area contributed by atoms with E-state index < -0.39 is 0 Å². The van der Waals surface area contributed by atoms with Crippen LogP contribution in [0.3, 0.4) is 0 Å². The van der Waals surface area contributed by atoms with Gasteiger partial charge in [0.05, 0.1) is 11.9 Å². The number of aromatic nitrogens is 2. The average molecular weight is 258 g/mol. The van der Waals surface area contributed by atoms with Gasteiger partial charge in [-0.1, -0.05) is 0 Å². The first-order valence-corrected chi connectivity index (χ1v) is 5.99. The van der Waals surface area contributed by atoms with E-state index >= 15 is 0 Å². The van der Waals surface area contributed by atoms with Crippen molar-refractivity contribution in [1.82, 2.24) is 9.78 Å². The number of anilines is 2. The lowest BCUT2D eigenvalue weighted by Gasteiger charge is -2.18. The summed E-state index contributed by atoms with van der Waals surface area (Å²) in [6, 6.07) is 5.63. The molecule has 0 fully saturated rings. The number of benzene rings is 1. The summed E-state index contributed by atoms with van der Waals surface area (Å²) in [6.07, 6.45) is 3.77. The molecule has 0 bridgehead atoms. The van der Waals surface area contributed by atoms with Crippen molar-refractivity contribution in [2.24, 2.45) is 7.05 Å².